The maximum atomic E-state index is 2.58. The number of rotatable bonds is 11. The van der Waals surface area contributed by atoms with Crippen molar-refractivity contribution >= 4 is 34.1 Å². The van der Waals surface area contributed by atoms with Crippen LogP contribution in [0.3, 0.4) is 0 Å². The molecule has 0 spiro atoms. The molecule has 0 aliphatic heterocycles. The van der Waals surface area contributed by atoms with Gasteiger partial charge in [-0.1, -0.05) is 293 Å². The fraction of sp³-hybridized carbons (Fsp3) is 0.0602. The highest BCUT2D eigenvalue weighted by Gasteiger charge is 2.50. The fourth-order valence-corrected chi connectivity index (χ4v) is 15.3. The fourth-order valence-electron chi connectivity index (χ4n) is 15.3. The standard InChI is InChI=1S/C83H60N2/c1-81(2)71-47-20-18-45-70(71)79-75(81)51-28-53-77(79)85(76-52-24-19-41-65(76)57-29-7-3-8-30-57)64-40-26-39-63(56-64)84(62-38-25-37-61(55-62)82(58-31-9-4-10-32-58)72-48-21-15-42-66(72)67-43-16-22-49-73(67)82)78-54-27-46-69-68-44-17-23-50-74(68)83(80(69)78,59-33-11-5-12-34-59)60-35-13-6-14-36-60/h3-56H,1-2H3. The smallest absolute Gasteiger partial charge is 0.0734 e. The summed E-state index contributed by atoms with van der Waals surface area (Å²) in [6, 6.07) is 123. The van der Waals surface area contributed by atoms with E-state index in [9.17, 15) is 0 Å². The van der Waals surface area contributed by atoms with Crippen molar-refractivity contribution in [1.82, 2.24) is 0 Å². The van der Waals surface area contributed by atoms with E-state index in [0.717, 1.165) is 45.3 Å². The van der Waals surface area contributed by atoms with Crippen LogP contribution in [0.15, 0.2) is 328 Å². The second kappa shape index (κ2) is 19.8. The van der Waals surface area contributed by atoms with Gasteiger partial charge in [-0.15, -0.1) is 0 Å². The van der Waals surface area contributed by atoms with Crippen molar-refractivity contribution in [3.8, 4) is 44.5 Å². The highest BCUT2D eigenvalue weighted by atomic mass is 15.2. The molecule has 13 aromatic rings. The molecule has 0 unspecified atom stereocenters. The lowest BCUT2D eigenvalue weighted by Crippen LogP contribution is -2.31. The third-order valence-corrected chi connectivity index (χ3v) is 18.8. The lowest BCUT2D eigenvalue weighted by Gasteiger charge is -2.39. The van der Waals surface area contributed by atoms with Crippen LogP contribution < -0.4 is 9.80 Å². The second-order valence-corrected chi connectivity index (χ2v) is 23.4. The normalized spacial score (nSPS) is 14.0. The number of fused-ring (bicyclic) bond motifs is 9. The zero-order valence-corrected chi connectivity index (χ0v) is 47.6. The predicted molar refractivity (Wildman–Crippen MR) is 353 cm³/mol. The Labute approximate surface area is 498 Å². The van der Waals surface area contributed by atoms with E-state index in [1.54, 1.807) is 0 Å². The Morgan fingerprint density at radius 3 is 1.22 bits per heavy atom. The Kier molecular flexibility index (Phi) is 11.7. The van der Waals surface area contributed by atoms with E-state index in [0.29, 0.717) is 0 Å². The highest BCUT2D eigenvalue weighted by Crippen LogP contribution is 2.62. The first-order chi connectivity index (χ1) is 42.0. The van der Waals surface area contributed by atoms with Crippen LogP contribution in [0.5, 0.6) is 0 Å². The summed E-state index contributed by atoms with van der Waals surface area (Å²) in [7, 11) is 0. The summed E-state index contributed by atoms with van der Waals surface area (Å²) in [6.45, 7) is 4.76. The summed E-state index contributed by atoms with van der Waals surface area (Å²) < 4.78 is 0. The van der Waals surface area contributed by atoms with Crippen LogP contribution in [0.1, 0.15) is 69.5 Å². The van der Waals surface area contributed by atoms with Crippen molar-refractivity contribution in [2.45, 2.75) is 30.1 Å². The molecular weight excluding hydrogens is 1020 g/mol. The first-order valence-corrected chi connectivity index (χ1v) is 29.8. The molecule has 0 saturated heterocycles. The van der Waals surface area contributed by atoms with Gasteiger partial charge in [-0.3, -0.25) is 0 Å². The molecule has 3 aliphatic carbocycles. The molecule has 0 bridgehead atoms. The van der Waals surface area contributed by atoms with Gasteiger partial charge in [0, 0.05) is 39.2 Å². The van der Waals surface area contributed by atoms with Crippen LogP contribution in [-0.2, 0) is 16.2 Å². The minimum absolute atomic E-state index is 0.205. The van der Waals surface area contributed by atoms with Crippen LogP contribution in [-0.4, -0.2) is 0 Å². The Morgan fingerprint density at radius 1 is 0.235 bits per heavy atom. The zero-order valence-electron chi connectivity index (χ0n) is 47.6. The summed E-state index contributed by atoms with van der Waals surface area (Å²) >= 11 is 0. The lowest BCUT2D eigenvalue weighted by molar-refractivity contribution is 0.660. The number of para-hydroxylation sites is 1. The third kappa shape index (κ3) is 7.45. The average Bonchev–Trinajstić information content (AvgIpc) is 1.81. The van der Waals surface area contributed by atoms with Crippen molar-refractivity contribution in [3.05, 3.63) is 383 Å². The predicted octanol–water partition coefficient (Wildman–Crippen LogP) is 21.3. The van der Waals surface area contributed by atoms with Gasteiger partial charge in [-0.25, -0.2) is 0 Å². The molecule has 85 heavy (non-hydrogen) atoms. The number of anilines is 6. The minimum atomic E-state index is -0.696. The van der Waals surface area contributed by atoms with Crippen LogP contribution in [0.4, 0.5) is 34.1 Å². The SMILES string of the molecule is CC1(C)c2ccccc2-c2c(N(c3cccc(N(c4cccc(C5(c6ccccc6)c6ccccc6-c6ccccc65)c4)c4cccc5c4C(c4ccccc4)(c4ccccc4)c4ccccc4-5)c3)c3ccccc3-c3ccccc3)cccc21. The van der Waals surface area contributed by atoms with Crippen molar-refractivity contribution in [2.75, 3.05) is 9.80 Å². The van der Waals surface area contributed by atoms with E-state index in [1.165, 1.54) is 89.0 Å². The van der Waals surface area contributed by atoms with Crippen molar-refractivity contribution in [1.29, 1.82) is 0 Å². The van der Waals surface area contributed by atoms with Gasteiger partial charge in [0.2, 0.25) is 0 Å². The van der Waals surface area contributed by atoms with Crippen LogP contribution in [0.25, 0.3) is 44.5 Å². The number of hydrogen-bond acceptors (Lipinski definition) is 2. The van der Waals surface area contributed by atoms with Gasteiger partial charge < -0.3 is 9.80 Å². The average molecular weight is 1090 g/mol. The maximum Gasteiger partial charge on any atom is 0.0734 e. The highest BCUT2D eigenvalue weighted by molar-refractivity contribution is 6.00. The van der Waals surface area contributed by atoms with E-state index < -0.39 is 10.8 Å². The molecule has 0 saturated carbocycles. The first kappa shape index (κ1) is 50.2. The third-order valence-electron chi connectivity index (χ3n) is 18.8. The van der Waals surface area contributed by atoms with E-state index >= 15 is 0 Å². The number of hydrogen-bond donors (Lipinski definition) is 0. The van der Waals surface area contributed by atoms with E-state index in [1.807, 2.05) is 0 Å². The summed E-state index contributed by atoms with van der Waals surface area (Å²) in [6.07, 6.45) is 0. The largest absolute Gasteiger partial charge is 0.310 e. The Balaban J connectivity index is 1.01. The van der Waals surface area contributed by atoms with Gasteiger partial charge in [-0.05, 0) is 132 Å². The lowest BCUT2D eigenvalue weighted by atomic mass is 9.67. The summed E-state index contributed by atoms with van der Waals surface area (Å²) in [5, 5.41) is 0. The van der Waals surface area contributed by atoms with E-state index in [2.05, 4.69) is 351 Å². The Morgan fingerprint density at radius 2 is 0.612 bits per heavy atom. The second-order valence-electron chi connectivity index (χ2n) is 23.4. The van der Waals surface area contributed by atoms with Crippen LogP contribution >= 0.6 is 0 Å². The van der Waals surface area contributed by atoms with Gasteiger partial charge in [0.1, 0.15) is 0 Å². The minimum Gasteiger partial charge on any atom is -0.310 e. The van der Waals surface area contributed by atoms with Gasteiger partial charge in [0.25, 0.3) is 0 Å². The van der Waals surface area contributed by atoms with Crippen molar-refractivity contribution in [2.24, 2.45) is 0 Å². The molecule has 2 heteroatoms. The topological polar surface area (TPSA) is 6.48 Å². The van der Waals surface area contributed by atoms with Gasteiger partial charge >= 0.3 is 0 Å². The molecule has 0 heterocycles. The number of benzene rings is 13. The summed E-state index contributed by atoms with van der Waals surface area (Å²) in [4.78, 5) is 5.12. The quantitative estimate of drug-likeness (QED) is 0.127. The number of nitrogens with zero attached hydrogens (tertiary/aromatic N) is 2. The molecule has 13 aromatic carbocycles. The van der Waals surface area contributed by atoms with Crippen molar-refractivity contribution < 1.29 is 0 Å². The molecule has 0 atom stereocenters. The molecule has 3 aliphatic rings. The molecule has 0 radical (unpaired) electrons. The van der Waals surface area contributed by atoms with Gasteiger partial charge in [0.05, 0.1) is 27.9 Å². The van der Waals surface area contributed by atoms with E-state index in [-0.39, 0.29) is 5.41 Å². The zero-order chi connectivity index (χ0) is 56.7. The molecular formula is C83H60N2. The molecule has 0 amide bonds. The maximum absolute atomic E-state index is 2.58. The molecule has 0 aromatic heterocycles. The molecule has 16 rings (SSSR count). The Bertz CT molecular complexity index is 4610. The Hall–Kier alpha value is -10.5. The molecule has 0 N–H and O–H groups in total. The van der Waals surface area contributed by atoms with Gasteiger partial charge in [-0.2, -0.15) is 0 Å². The van der Waals surface area contributed by atoms with E-state index in [4.69, 9.17) is 0 Å². The first-order valence-electron chi connectivity index (χ1n) is 29.8. The monoisotopic (exact) mass is 1080 g/mol. The van der Waals surface area contributed by atoms with Crippen LogP contribution in [0, 0.1) is 0 Å². The van der Waals surface area contributed by atoms with Crippen LogP contribution in [0.2, 0.25) is 0 Å². The molecule has 402 valence electrons. The van der Waals surface area contributed by atoms with Gasteiger partial charge in [0.15, 0.2) is 0 Å². The molecule has 2 nitrogen and oxygen atoms in total. The summed E-state index contributed by atoms with van der Waals surface area (Å²) in [5.74, 6) is 0. The molecule has 0 fully saturated rings. The summed E-state index contributed by atoms with van der Waals surface area (Å²) in [5.41, 5.74) is 27.4. The van der Waals surface area contributed by atoms with Crippen molar-refractivity contribution in [3.63, 3.8) is 0 Å².